The molecule has 2 amide bonds. The molecule has 0 heterocycles. The molecule has 0 saturated heterocycles. The van der Waals surface area contributed by atoms with E-state index in [2.05, 4.69) is 11.9 Å². The van der Waals surface area contributed by atoms with Crippen molar-refractivity contribution in [2.75, 3.05) is 19.0 Å². The van der Waals surface area contributed by atoms with Crippen molar-refractivity contribution in [2.45, 2.75) is 66.2 Å². The number of hydrogen-bond acceptors (Lipinski definition) is 6. The summed E-state index contributed by atoms with van der Waals surface area (Å²) in [7, 11) is 1.58. The first-order chi connectivity index (χ1) is 14.1. The monoisotopic (exact) mass is 434 g/mol. The second-order valence-corrected chi connectivity index (χ2v) is 9.03. The van der Waals surface area contributed by atoms with Gasteiger partial charge in [0.05, 0.1) is 12.2 Å². The molecule has 0 fully saturated rings. The Hall–Kier alpha value is -3.03. The number of benzene rings is 1. The number of nitrogens with zero attached hydrogens (tertiary/aromatic N) is 1. The maximum atomic E-state index is 12.4. The topological polar surface area (TPSA) is 94.2 Å². The normalized spacial score (nSPS) is 11.4. The Bertz CT molecular complexity index is 833. The second kappa shape index (κ2) is 10.3. The molecule has 1 aromatic rings. The van der Waals surface area contributed by atoms with Crippen LogP contribution >= 0.6 is 0 Å². The third-order valence-electron chi connectivity index (χ3n) is 3.71. The molecular formula is C23H34N2O6. The van der Waals surface area contributed by atoms with E-state index >= 15 is 0 Å². The second-order valence-electron chi connectivity index (χ2n) is 9.03. The molecule has 1 N–H and O–H groups in total. The lowest BCUT2D eigenvalue weighted by atomic mass is 9.99. The molecule has 0 atom stereocenters. The van der Waals surface area contributed by atoms with Crippen molar-refractivity contribution >= 4 is 29.4 Å². The minimum Gasteiger partial charge on any atom is -0.462 e. The van der Waals surface area contributed by atoms with Gasteiger partial charge in [-0.05, 0) is 71.7 Å². The lowest BCUT2D eigenvalue weighted by Crippen LogP contribution is -2.34. The molecule has 0 unspecified atom stereocenters. The van der Waals surface area contributed by atoms with Crippen LogP contribution in [0, 0.1) is 0 Å². The molecule has 0 radical (unpaired) electrons. The van der Waals surface area contributed by atoms with Crippen LogP contribution in [-0.4, -0.2) is 47.9 Å². The zero-order chi connectivity index (χ0) is 24.0. The van der Waals surface area contributed by atoms with Crippen LogP contribution < -0.4 is 5.32 Å². The maximum absolute atomic E-state index is 12.4. The number of rotatable bonds is 6. The van der Waals surface area contributed by atoms with Gasteiger partial charge in [0, 0.05) is 19.3 Å². The first kappa shape index (κ1) is 26.0. The highest BCUT2D eigenvalue weighted by Gasteiger charge is 2.23. The number of carbonyl (C=O) groups excluding carboxylic acids is 3. The molecule has 0 aliphatic carbocycles. The Kier molecular flexibility index (Phi) is 8.66. The Morgan fingerprint density at radius 3 is 2.13 bits per heavy atom. The Balaban J connectivity index is 3.21. The first-order valence-electron chi connectivity index (χ1n) is 10.1. The number of carbonyl (C=O) groups is 3. The highest BCUT2D eigenvalue weighted by Crippen LogP contribution is 2.25. The summed E-state index contributed by atoms with van der Waals surface area (Å²) in [5.41, 5.74) is 0.384. The predicted octanol–water partition coefficient (Wildman–Crippen LogP) is 4.98. The number of hydrogen-bond donors (Lipinski definition) is 1. The average molecular weight is 435 g/mol. The van der Waals surface area contributed by atoms with E-state index in [4.69, 9.17) is 14.2 Å². The molecular weight excluding hydrogens is 400 g/mol. The van der Waals surface area contributed by atoms with Crippen LogP contribution in [0.2, 0.25) is 0 Å². The van der Waals surface area contributed by atoms with E-state index in [1.165, 1.54) is 4.90 Å². The van der Waals surface area contributed by atoms with Gasteiger partial charge in [0.25, 0.3) is 0 Å². The van der Waals surface area contributed by atoms with Gasteiger partial charge in [-0.2, -0.15) is 0 Å². The van der Waals surface area contributed by atoms with E-state index in [1.54, 1.807) is 73.7 Å². The highest BCUT2D eigenvalue weighted by atomic mass is 16.6. The molecule has 8 nitrogen and oxygen atoms in total. The van der Waals surface area contributed by atoms with Gasteiger partial charge in [-0.15, -0.1) is 0 Å². The molecule has 8 heteroatoms. The van der Waals surface area contributed by atoms with Gasteiger partial charge < -0.3 is 19.1 Å². The maximum Gasteiger partial charge on any atom is 0.412 e. The molecule has 1 aromatic carbocycles. The SMILES string of the molecule is C=C(C(=O)OCC)c1ccc(NC(=O)OC(C)(C)C)cc1CN(C)C(=O)OC(C)(C)C. The number of nitrogens with one attached hydrogen (secondary N) is 1. The van der Waals surface area contributed by atoms with Gasteiger partial charge in [0.1, 0.15) is 11.2 Å². The molecule has 0 aromatic heterocycles. The number of anilines is 1. The summed E-state index contributed by atoms with van der Waals surface area (Å²) >= 11 is 0. The minimum absolute atomic E-state index is 0.118. The predicted molar refractivity (Wildman–Crippen MR) is 120 cm³/mol. The molecule has 1 rings (SSSR count). The summed E-state index contributed by atoms with van der Waals surface area (Å²) < 4.78 is 15.7. The van der Waals surface area contributed by atoms with E-state index in [0.717, 1.165) is 0 Å². The molecule has 31 heavy (non-hydrogen) atoms. The largest absolute Gasteiger partial charge is 0.462 e. The minimum atomic E-state index is -0.651. The summed E-state index contributed by atoms with van der Waals surface area (Å²) in [6.45, 7) is 16.5. The summed E-state index contributed by atoms with van der Waals surface area (Å²) in [4.78, 5) is 38.1. The van der Waals surface area contributed by atoms with Crippen molar-refractivity contribution in [1.82, 2.24) is 4.90 Å². The van der Waals surface area contributed by atoms with E-state index < -0.39 is 29.4 Å². The van der Waals surface area contributed by atoms with Crippen molar-refractivity contribution < 1.29 is 28.6 Å². The highest BCUT2D eigenvalue weighted by molar-refractivity contribution is 6.16. The van der Waals surface area contributed by atoms with Crippen LogP contribution in [0.3, 0.4) is 0 Å². The standard InChI is InChI=1S/C23H34N2O6/c1-10-29-19(26)15(2)18-12-11-17(24-20(27)30-22(3,4)5)13-16(18)14-25(9)21(28)31-23(6,7)8/h11-13H,2,10,14H2,1,3-9H3,(H,24,27). The quantitative estimate of drug-likeness (QED) is 0.386. The van der Waals surface area contributed by atoms with Gasteiger partial charge in [-0.3, -0.25) is 5.32 Å². The molecule has 0 aliphatic rings. The van der Waals surface area contributed by atoms with E-state index in [9.17, 15) is 14.4 Å². The zero-order valence-corrected chi connectivity index (χ0v) is 19.8. The summed E-state index contributed by atoms with van der Waals surface area (Å²) in [6.07, 6.45) is -1.14. The third-order valence-corrected chi connectivity index (χ3v) is 3.71. The fourth-order valence-corrected chi connectivity index (χ4v) is 2.51. The van der Waals surface area contributed by atoms with Crippen molar-refractivity contribution in [1.29, 1.82) is 0 Å². The summed E-state index contributed by atoms with van der Waals surface area (Å²) in [6, 6.07) is 4.93. The van der Waals surface area contributed by atoms with Gasteiger partial charge in [-0.1, -0.05) is 12.6 Å². The smallest absolute Gasteiger partial charge is 0.412 e. The van der Waals surface area contributed by atoms with Gasteiger partial charge in [0.2, 0.25) is 0 Å². The van der Waals surface area contributed by atoms with E-state index in [-0.39, 0.29) is 18.7 Å². The first-order valence-corrected chi connectivity index (χ1v) is 10.1. The summed E-state index contributed by atoms with van der Waals surface area (Å²) in [5.74, 6) is -0.559. The van der Waals surface area contributed by atoms with Crippen LogP contribution in [0.5, 0.6) is 0 Å². The fraction of sp³-hybridized carbons (Fsp3) is 0.522. The summed E-state index contributed by atoms with van der Waals surface area (Å²) in [5, 5.41) is 2.66. The lowest BCUT2D eigenvalue weighted by Gasteiger charge is -2.25. The van der Waals surface area contributed by atoms with Crippen molar-refractivity contribution in [3.05, 3.63) is 35.9 Å². The van der Waals surface area contributed by atoms with Crippen LogP contribution in [-0.2, 0) is 25.5 Å². The molecule has 0 bridgehead atoms. The van der Waals surface area contributed by atoms with Gasteiger partial charge in [0.15, 0.2) is 0 Å². The van der Waals surface area contributed by atoms with E-state index in [0.29, 0.717) is 16.8 Å². The fourth-order valence-electron chi connectivity index (χ4n) is 2.51. The van der Waals surface area contributed by atoms with Crippen molar-refractivity contribution in [2.24, 2.45) is 0 Å². The van der Waals surface area contributed by atoms with Crippen molar-refractivity contribution in [3.8, 4) is 0 Å². The van der Waals surface area contributed by atoms with Gasteiger partial charge >= 0.3 is 18.2 Å². The average Bonchev–Trinajstić information content (AvgIpc) is 2.58. The van der Waals surface area contributed by atoms with Crippen LogP contribution in [0.25, 0.3) is 5.57 Å². The molecule has 172 valence electrons. The zero-order valence-electron chi connectivity index (χ0n) is 19.8. The van der Waals surface area contributed by atoms with Crippen LogP contribution in [0.4, 0.5) is 15.3 Å². The molecule has 0 spiro atoms. The Labute approximate surface area is 184 Å². The Morgan fingerprint density at radius 2 is 1.61 bits per heavy atom. The molecule has 0 saturated carbocycles. The molecule has 0 aliphatic heterocycles. The van der Waals surface area contributed by atoms with Crippen LogP contribution in [0.15, 0.2) is 24.8 Å². The Morgan fingerprint density at radius 1 is 1.03 bits per heavy atom. The number of ether oxygens (including phenoxy) is 3. The third kappa shape index (κ3) is 9.11. The van der Waals surface area contributed by atoms with Crippen molar-refractivity contribution in [3.63, 3.8) is 0 Å². The van der Waals surface area contributed by atoms with E-state index in [1.807, 2.05) is 0 Å². The van der Waals surface area contributed by atoms with Gasteiger partial charge in [-0.25, -0.2) is 14.4 Å². The number of amides is 2. The van der Waals surface area contributed by atoms with Crippen LogP contribution in [0.1, 0.15) is 59.6 Å². The number of esters is 1. The lowest BCUT2D eigenvalue weighted by molar-refractivity contribution is -0.136.